The first-order chi connectivity index (χ1) is 5.16. The van der Waals surface area contributed by atoms with E-state index in [1.165, 1.54) is 6.08 Å². The second-order valence-corrected chi connectivity index (χ2v) is 2.07. The Morgan fingerprint density at radius 3 is 2.55 bits per heavy atom. The maximum atomic E-state index is 12.0. The number of hydrogen-bond acceptors (Lipinski definition) is 2. The van der Waals surface area contributed by atoms with Crippen LogP contribution in [0.1, 0.15) is 0 Å². The van der Waals surface area contributed by atoms with Crippen LogP contribution in [-0.2, 0) is 0 Å². The van der Waals surface area contributed by atoms with E-state index in [4.69, 9.17) is 5.73 Å². The van der Waals surface area contributed by atoms with Crippen molar-refractivity contribution >= 4 is 0 Å². The van der Waals surface area contributed by atoms with Gasteiger partial charge < -0.3 is 11.1 Å². The molecule has 0 saturated carbocycles. The molecule has 3 N–H and O–H groups in total. The molecule has 62 valence electrons. The van der Waals surface area contributed by atoms with Crippen LogP contribution in [0, 0.1) is 0 Å². The van der Waals surface area contributed by atoms with Crippen molar-refractivity contribution in [2.24, 2.45) is 5.73 Å². The summed E-state index contributed by atoms with van der Waals surface area (Å²) in [4.78, 5) is 0. The monoisotopic (exact) mass is 156 g/mol. The summed E-state index contributed by atoms with van der Waals surface area (Å²) in [6.07, 6.45) is 2.82. The summed E-state index contributed by atoms with van der Waals surface area (Å²) in [7, 11) is 0. The van der Waals surface area contributed by atoms with Crippen LogP contribution in [0.5, 0.6) is 0 Å². The molecule has 0 aromatic rings. The van der Waals surface area contributed by atoms with Crippen molar-refractivity contribution in [1.29, 1.82) is 0 Å². The van der Waals surface area contributed by atoms with Gasteiger partial charge in [0, 0.05) is 13.2 Å². The number of allylic oxidation sites excluding steroid dienone is 2. The fourth-order valence-corrected chi connectivity index (χ4v) is 0.500. The standard InChI is InChI=1S/C8H13FN2/c1-7(5-11-6-10)3-4-8(2)9/h3-4,11H,1-2,5-6,10H2/b4-3-. The molecule has 0 radical (unpaired) electrons. The zero-order chi connectivity index (χ0) is 8.69. The summed E-state index contributed by atoms with van der Waals surface area (Å²) in [5.41, 5.74) is 5.94. The van der Waals surface area contributed by atoms with E-state index in [-0.39, 0.29) is 0 Å². The van der Waals surface area contributed by atoms with E-state index in [1.54, 1.807) is 6.08 Å². The first-order valence-corrected chi connectivity index (χ1v) is 3.28. The van der Waals surface area contributed by atoms with Crippen LogP contribution in [-0.4, -0.2) is 13.2 Å². The fourth-order valence-electron chi connectivity index (χ4n) is 0.500. The SMILES string of the molecule is C=C(F)/C=C\C(=C)CNCN. The van der Waals surface area contributed by atoms with Gasteiger partial charge in [-0.25, -0.2) is 4.39 Å². The third-order valence-corrected chi connectivity index (χ3v) is 0.996. The van der Waals surface area contributed by atoms with Gasteiger partial charge in [-0.1, -0.05) is 19.2 Å². The van der Waals surface area contributed by atoms with Gasteiger partial charge in [0.25, 0.3) is 0 Å². The first kappa shape index (κ1) is 10.1. The minimum Gasteiger partial charge on any atom is -0.318 e. The normalized spacial score (nSPS) is 10.4. The lowest BCUT2D eigenvalue weighted by Crippen LogP contribution is -2.23. The van der Waals surface area contributed by atoms with Crippen LogP contribution < -0.4 is 11.1 Å². The summed E-state index contributed by atoms with van der Waals surface area (Å²) in [6.45, 7) is 7.68. The minimum atomic E-state index is -0.473. The van der Waals surface area contributed by atoms with Gasteiger partial charge in [0.15, 0.2) is 0 Å². The number of nitrogens with two attached hydrogens (primary N) is 1. The summed E-state index contributed by atoms with van der Waals surface area (Å²) in [5, 5.41) is 2.85. The highest BCUT2D eigenvalue weighted by Gasteiger charge is 1.86. The molecule has 0 aromatic carbocycles. The van der Waals surface area contributed by atoms with E-state index in [1.807, 2.05) is 0 Å². The molecule has 0 aromatic heterocycles. The Kier molecular flexibility index (Phi) is 5.33. The summed E-state index contributed by atoms with van der Waals surface area (Å²) in [5.74, 6) is -0.473. The molecule has 0 bridgehead atoms. The number of hydrogen-bond donors (Lipinski definition) is 2. The van der Waals surface area contributed by atoms with Crippen LogP contribution >= 0.6 is 0 Å². The highest BCUT2D eigenvalue weighted by Crippen LogP contribution is 1.97. The van der Waals surface area contributed by atoms with Gasteiger partial charge in [-0.3, -0.25) is 0 Å². The van der Waals surface area contributed by atoms with E-state index < -0.39 is 5.83 Å². The lowest BCUT2D eigenvalue weighted by atomic mass is 10.2. The Morgan fingerprint density at radius 1 is 1.45 bits per heavy atom. The van der Waals surface area contributed by atoms with Gasteiger partial charge in [0.2, 0.25) is 0 Å². The van der Waals surface area contributed by atoms with E-state index in [2.05, 4.69) is 18.5 Å². The van der Waals surface area contributed by atoms with Crippen LogP contribution in [0.3, 0.4) is 0 Å². The summed E-state index contributed by atoms with van der Waals surface area (Å²) in [6, 6.07) is 0. The summed E-state index contributed by atoms with van der Waals surface area (Å²) < 4.78 is 12.0. The zero-order valence-corrected chi connectivity index (χ0v) is 6.44. The van der Waals surface area contributed by atoms with Gasteiger partial charge >= 0.3 is 0 Å². The molecule has 0 amide bonds. The molecule has 0 aliphatic heterocycles. The van der Waals surface area contributed by atoms with E-state index in [0.717, 1.165) is 5.57 Å². The quantitative estimate of drug-likeness (QED) is 0.462. The Balaban J connectivity index is 3.60. The first-order valence-electron chi connectivity index (χ1n) is 3.28. The predicted octanol–water partition coefficient (Wildman–Crippen LogP) is 1.09. The Bertz CT molecular complexity index is 173. The Hall–Kier alpha value is -0.930. The molecule has 2 nitrogen and oxygen atoms in total. The van der Waals surface area contributed by atoms with Crippen molar-refractivity contribution in [3.8, 4) is 0 Å². The molecule has 0 saturated heterocycles. The molecule has 0 heterocycles. The Labute approximate surface area is 66.3 Å². The van der Waals surface area contributed by atoms with Crippen molar-refractivity contribution in [2.75, 3.05) is 13.2 Å². The molecular weight excluding hydrogens is 143 g/mol. The molecule has 0 aliphatic carbocycles. The van der Waals surface area contributed by atoms with Gasteiger partial charge in [-0.2, -0.15) is 0 Å². The van der Waals surface area contributed by atoms with Crippen molar-refractivity contribution in [3.05, 3.63) is 36.7 Å². The van der Waals surface area contributed by atoms with Crippen molar-refractivity contribution in [2.45, 2.75) is 0 Å². The third kappa shape index (κ3) is 6.96. The zero-order valence-electron chi connectivity index (χ0n) is 6.44. The van der Waals surface area contributed by atoms with Crippen molar-refractivity contribution < 1.29 is 4.39 Å². The molecule has 0 aliphatic rings. The van der Waals surface area contributed by atoms with Crippen LogP contribution in [0.25, 0.3) is 0 Å². The number of halogens is 1. The maximum absolute atomic E-state index is 12.0. The van der Waals surface area contributed by atoms with Gasteiger partial charge in [-0.15, -0.1) is 0 Å². The van der Waals surface area contributed by atoms with Gasteiger partial charge in [-0.05, 0) is 11.6 Å². The smallest absolute Gasteiger partial charge is 0.116 e. The molecule has 3 heteroatoms. The highest BCUT2D eigenvalue weighted by molar-refractivity contribution is 5.21. The average molecular weight is 156 g/mol. The van der Waals surface area contributed by atoms with Crippen molar-refractivity contribution in [1.82, 2.24) is 5.32 Å². The van der Waals surface area contributed by atoms with Gasteiger partial charge in [0.1, 0.15) is 5.83 Å². The molecular formula is C8H13FN2. The topological polar surface area (TPSA) is 38.0 Å². The molecule has 0 atom stereocenters. The lowest BCUT2D eigenvalue weighted by Gasteiger charge is -1.98. The average Bonchev–Trinajstić information content (AvgIpc) is 1.97. The molecule has 0 unspecified atom stereocenters. The largest absolute Gasteiger partial charge is 0.318 e. The van der Waals surface area contributed by atoms with Gasteiger partial charge in [0.05, 0.1) is 0 Å². The van der Waals surface area contributed by atoms with Crippen molar-refractivity contribution in [3.63, 3.8) is 0 Å². The van der Waals surface area contributed by atoms with Crippen LogP contribution in [0.2, 0.25) is 0 Å². The number of rotatable bonds is 5. The molecule has 11 heavy (non-hydrogen) atoms. The fraction of sp³-hybridized carbons (Fsp3) is 0.250. The summed E-state index contributed by atoms with van der Waals surface area (Å²) >= 11 is 0. The van der Waals surface area contributed by atoms with E-state index in [0.29, 0.717) is 13.2 Å². The minimum absolute atomic E-state index is 0.392. The number of nitrogens with one attached hydrogen (secondary N) is 1. The van der Waals surface area contributed by atoms with E-state index >= 15 is 0 Å². The highest BCUT2D eigenvalue weighted by atomic mass is 19.1. The Morgan fingerprint density at radius 2 is 2.09 bits per heavy atom. The molecule has 0 spiro atoms. The van der Waals surface area contributed by atoms with Crippen LogP contribution in [0.15, 0.2) is 36.7 Å². The molecule has 0 rings (SSSR count). The second kappa shape index (κ2) is 5.82. The third-order valence-electron chi connectivity index (χ3n) is 0.996. The maximum Gasteiger partial charge on any atom is 0.116 e. The van der Waals surface area contributed by atoms with E-state index in [9.17, 15) is 4.39 Å². The second-order valence-electron chi connectivity index (χ2n) is 2.07. The molecule has 0 fully saturated rings. The predicted molar refractivity (Wildman–Crippen MR) is 45.6 cm³/mol. The van der Waals surface area contributed by atoms with Crippen LogP contribution in [0.4, 0.5) is 4.39 Å². The lowest BCUT2D eigenvalue weighted by molar-refractivity contribution is 0.671.